The predicted octanol–water partition coefficient (Wildman–Crippen LogP) is 0.00920. The van der Waals surface area contributed by atoms with Gasteiger partial charge in [-0.3, -0.25) is 0 Å². The molecule has 0 aromatic rings. The van der Waals surface area contributed by atoms with Crippen molar-refractivity contribution in [2.45, 2.75) is 37.9 Å². The van der Waals surface area contributed by atoms with Gasteiger partial charge in [0.25, 0.3) is 11.2 Å². The number of ether oxygens (including phenoxy) is 6. The lowest BCUT2D eigenvalue weighted by atomic mass is 10.0. The van der Waals surface area contributed by atoms with E-state index >= 15 is 0 Å². The summed E-state index contributed by atoms with van der Waals surface area (Å²) < 4.78 is 29.2. The second-order valence-electron chi connectivity index (χ2n) is 5.02. The van der Waals surface area contributed by atoms with Crippen molar-refractivity contribution < 1.29 is 47.6 Å². The fraction of sp³-hybridized carbons (Fsp3) is 0.750. The Balaban J connectivity index is 5.25. The van der Waals surface area contributed by atoms with Crippen molar-refractivity contribution in [2.24, 2.45) is 0 Å². The summed E-state index contributed by atoms with van der Waals surface area (Å²) >= 11 is 0. The number of hydrogen-bond donors (Lipinski definition) is 0. The average Bonchev–Trinajstić information content (AvgIpc) is 2.69. The Morgan fingerprint density at radius 2 is 0.808 bits per heavy atom. The van der Waals surface area contributed by atoms with Crippen LogP contribution in [0.5, 0.6) is 0 Å². The van der Waals surface area contributed by atoms with Crippen LogP contribution in [0.1, 0.15) is 26.7 Å². The van der Waals surface area contributed by atoms with Gasteiger partial charge in [-0.05, 0) is 12.8 Å². The predicted molar refractivity (Wildman–Crippen MR) is 86.0 cm³/mol. The van der Waals surface area contributed by atoms with Crippen LogP contribution in [0.15, 0.2) is 0 Å². The van der Waals surface area contributed by atoms with Gasteiger partial charge in [0.2, 0.25) is 0 Å². The quantitative estimate of drug-likeness (QED) is 0.210. The molecule has 0 aliphatic carbocycles. The van der Waals surface area contributed by atoms with E-state index in [4.69, 9.17) is 9.47 Å². The number of methoxy groups -OCH3 is 4. The molecule has 0 aliphatic heterocycles. The van der Waals surface area contributed by atoms with Gasteiger partial charge in [0, 0.05) is 0 Å². The smallest absolute Gasteiger partial charge is 0.350 e. The molecule has 0 spiro atoms. The van der Waals surface area contributed by atoms with Gasteiger partial charge in [-0.2, -0.15) is 0 Å². The van der Waals surface area contributed by atoms with Crippen LogP contribution in [0.2, 0.25) is 0 Å². The number of carbonyl (C=O) groups excluding carboxylic acids is 4. The van der Waals surface area contributed by atoms with Crippen LogP contribution >= 0.6 is 0 Å². The van der Waals surface area contributed by atoms with E-state index in [2.05, 4.69) is 18.9 Å². The van der Waals surface area contributed by atoms with Crippen LogP contribution < -0.4 is 0 Å². The molecule has 0 aromatic carbocycles. The first-order chi connectivity index (χ1) is 12.3. The molecule has 0 rings (SSSR count). The average molecular weight is 378 g/mol. The second-order valence-corrected chi connectivity index (χ2v) is 5.02. The van der Waals surface area contributed by atoms with E-state index in [1.165, 1.54) is 13.8 Å². The van der Waals surface area contributed by atoms with Crippen LogP contribution in [-0.2, 0) is 47.6 Å². The first kappa shape index (κ1) is 23.8. The van der Waals surface area contributed by atoms with Crippen molar-refractivity contribution in [1.29, 1.82) is 0 Å². The van der Waals surface area contributed by atoms with Crippen LogP contribution in [-0.4, -0.2) is 76.7 Å². The van der Waals surface area contributed by atoms with Crippen molar-refractivity contribution in [3.8, 4) is 0 Å². The lowest BCUT2D eigenvalue weighted by Gasteiger charge is -2.29. The number of carbonyl (C=O) groups is 4. The third-order valence-electron chi connectivity index (χ3n) is 3.84. The van der Waals surface area contributed by atoms with Crippen molar-refractivity contribution >= 4 is 23.9 Å². The maximum absolute atomic E-state index is 12.0. The summed E-state index contributed by atoms with van der Waals surface area (Å²) in [5.41, 5.74) is -3.95. The fourth-order valence-corrected chi connectivity index (χ4v) is 2.28. The highest BCUT2D eigenvalue weighted by Gasteiger charge is 2.50. The molecule has 0 atom stereocenters. The van der Waals surface area contributed by atoms with Crippen molar-refractivity contribution in [3.05, 3.63) is 0 Å². The molecule has 10 heteroatoms. The van der Waals surface area contributed by atoms with Gasteiger partial charge >= 0.3 is 23.9 Å². The molecule has 0 heterocycles. The molecular weight excluding hydrogens is 352 g/mol. The second kappa shape index (κ2) is 10.7. The normalized spacial score (nSPS) is 11.5. The third-order valence-corrected chi connectivity index (χ3v) is 3.84. The Labute approximate surface area is 152 Å². The number of hydrogen-bond acceptors (Lipinski definition) is 10. The summed E-state index contributed by atoms with van der Waals surface area (Å²) in [6.45, 7) is 2.45. The van der Waals surface area contributed by atoms with Gasteiger partial charge in [0.15, 0.2) is 0 Å². The summed E-state index contributed by atoms with van der Waals surface area (Å²) in [5.74, 6) is -3.74. The molecule has 0 radical (unpaired) electrons. The van der Waals surface area contributed by atoms with Crippen molar-refractivity contribution in [2.75, 3.05) is 41.7 Å². The molecule has 0 fully saturated rings. The van der Waals surface area contributed by atoms with Crippen molar-refractivity contribution in [3.63, 3.8) is 0 Å². The molecule has 0 saturated carbocycles. The number of rotatable bonds is 11. The Morgan fingerprint density at radius 1 is 0.577 bits per heavy atom. The minimum absolute atomic E-state index is 0.0563. The van der Waals surface area contributed by atoms with Gasteiger partial charge in [-0.25, -0.2) is 19.2 Å². The molecule has 0 saturated heterocycles. The highest BCUT2D eigenvalue weighted by Crippen LogP contribution is 2.23. The molecule has 10 nitrogen and oxygen atoms in total. The Bertz CT molecular complexity index is 435. The summed E-state index contributed by atoms with van der Waals surface area (Å²) in [6, 6.07) is 0. The van der Waals surface area contributed by atoms with Crippen molar-refractivity contribution in [1.82, 2.24) is 0 Å². The lowest BCUT2D eigenvalue weighted by molar-refractivity contribution is -0.200. The summed E-state index contributed by atoms with van der Waals surface area (Å²) in [6.07, 6.45) is -0.113. The maximum Gasteiger partial charge on any atom is 0.350 e. The van der Waals surface area contributed by atoms with Crippen LogP contribution in [0.4, 0.5) is 0 Å². The van der Waals surface area contributed by atoms with Gasteiger partial charge < -0.3 is 28.4 Å². The maximum atomic E-state index is 12.0. The number of esters is 4. The van der Waals surface area contributed by atoms with Crippen LogP contribution in [0.3, 0.4) is 0 Å². The van der Waals surface area contributed by atoms with Gasteiger partial charge in [0.1, 0.15) is 0 Å². The SMILES string of the molecule is CCC(OCCOC(CC)(C(=O)OC)C(=O)OC)(C(=O)OC)C(=O)OC. The van der Waals surface area contributed by atoms with Crippen LogP contribution in [0.25, 0.3) is 0 Å². The van der Waals surface area contributed by atoms with Gasteiger partial charge in [0.05, 0.1) is 41.7 Å². The molecule has 0 aliphatic rings. The van der Waals surface area contributed by atoms with E-state index in [9.17, 15) is 19.2 Å². The first-order valence-corrected chi connectivity index (χ1v) is 7.87. The minimum Gasteiger partial charge on any atom is -0.466 e. The fourth-order valence-electron chi connectivity index (χ4n) is 2.28. The first-order valence-electron chi connectivity index (χ1n) is 7.87. The molecule has 0 N–H and O–H groups in total. The Kier molecular flexibility index (Phi) is 9.81. The zero-order chi connectivity index (χ0) is 20.4. The molecule has 0 bridgehead atoms. The Morgan fingerprint density at radius 3 is 0.962 bits per heavy atom. The highest BCUT2D eigenvalue weighted by atomic mass is 16.6. The highest BCUT2D eigenvalue weighted by molar-refractivity contribution is 6.04. The topological polar surface area (TPSA) is 124 Å². The summed E-state index contributed by atoms with van der Waals surface area (Å²) in [5, 5.41) is 0. The molecule has 150 valence electrons. The Hall–Kier alpha value is -2.20. The van der Waals surface area contributed by atoms with E-state index in [1.807, 2.05) is 0 Å². The zero-order valence-electron chi connectivity index (χ0n) is 15.9. The third kappa shape index (κ3) is 4.70. The van der Waals surface area contributed by atoms with E-state index in [1.54, 1.807) is 0 Å². The van der Waals surface area contributed by atoms with E-state index in [0.717, 1.165) is 28.4 Å². The zero-order valence-corrected chi connectivity index (χ0v) is 15.9. The summed E-state index contributed by atoms with van der Waals surface area (Å²) in [4.78, 5) is 47.9. The lowest BCUT2D eigenvalue weighted by Crippen LogP contribution is -2.52. The monoisotopic (exact) mass is 378 g/mol. The van der Waals surface area contributed by atoms with E-state index in [0.29, 0.717) is 0 Å². The molecule has 0 aromatic heterocycles. The molecular formula is C16H26O10. The minimum atomic E-state index is -1.97. The van der Waals surface area contributed by atoms with Gasteiger partial charge in [-0.1, -0.05) is 13.8 Å². The standard InChI is InChI=1S/C16H26O10/c1-7-15(11(17)21-3,12(18)22-4)25-9-10-26-16(8-2,13(19)23-5)14(20)24-6/h7-10H2,1-6H3. The van der Waals surface area contributed by atoms with Gasteiger partial charge in [-0.15, -0.1) is 0 Å². The van der Waals surface area contributed by atoms with E-state index < -0.39 is 35.1 Å². The molecule has 0 amide bonds. The molecule has 0 unspecified atom stereocenters. The largest absolute Gasteiger partial charge is 0.466 e. The molecule has 26 heavy (non-hydrogen) atoms. The summed E-state index contributed by atoms with van der Waals surface area (Å²) in [7, 11) is 4.41. The van der Waals surface area contributed by atoms with E-state index in [-0.39, 0.29) is 26.1 Å². The van der Waals surface area contributed by atoms with Crippen LogP contribution in [0, 0.1) is 0 Å².